The molecule has 0 aromatic heterocycles. The minimum atomic E-state index is -0.830. The first kappa shape index (κ1) is 21.3. The summed E-state index contributed by atoms with van der Waals surface area (Å²) in [5.74, 6) is -1.40. The van der Waals surface area contributed by atoms with Gasteiger partial charge in [-0.1, -0.05) is 51.1 Å². The van der Waals surface area contributed by atoms with Gasteiger partial charge in [-0.15, -0.1) is 0 Å². The van der Waals surface area contributed by atoms with E-state index < -0.39 is 17.9 Å². The number of nitrogens with one attached hydrogen (secondary N) is 3. The first-order valence-corrected chi connectivity index (χ1v) is 8.73. The molecule has 142 valence electrons. The van der Waals surface area contributed by atoms with Gasteiger partial charge in [0.1, 0.15) is 6.04 Å². The van der Waals surface area contributed by atoms with Gasteiger partial charge >= 0.3 is 0 Å². The Kier molecular flexibility index (Phi) is 9.05. The number of ketones is 1. The van der Waals surface area contributed by atoms with Crippen molar-refractivity contribution < 1.29 is 19.2 Å². The number of rotatable bonds is 10. The lowest BCUT2D eigenvalue weighted by Gasteiger charge is -2.19. The highest BCUT2D eigenvalue weighted by atomic mass is 16.2. The van der Waals surface area contributed by atoms with E-state index in [4.69, 9.17) is 0 Å². The molecule has 0 heterocycles. The third-order valence-electron chi connectivity index (χ3n) is 3.78. The van der Waals surface area contributed by atoms with Gasteiger partial charge in [0, 0.05) is 18.8 Å². The number of carbonyl (C=O) groups is 4. The Morgan fingerprint density at radius 1 is 0.923 bits per heavy atom. The van der Waals surface area contributed by atoms with Gasteiger partial charge in [0.05, 0.1) is 13.1 Å². The molecule has 1 atom stereocenters. The molecule has 0 aliphatic rings. The average Bonchev–Trinajstić information content (AvgIpc) is 2.63. The quantitative estimate of drug-likeness (QED) is 0.567. The average molecular weight is 361 g/mol. The topological polar surface area (TPSA) is 104 Å². The van der Waals surface area contributed by atoms with Crippen LogP contribution in [-0.4, -0.2) is 42.6 Å². The number of hydrogen-bond acceptors (Lipinski definition) is 4. The molecule has 1 aromatic carbocycles. The monoisotopic (exact) mass is 361 g/mol. The molecule has 26 heavy (non-hydrogen) atoms. The van der Waals surface area contributed by atoms with Crippen LogP contribution in [0, 0.1) is 5.92 Å². The van der Waals surface area contributed by atoms with Crippen molar-refractivity contribution in [3.8, 4) is 0 Å². The Morgan fingerprint density at radius 2 is 1.58 bits per heavy atom. The fourth-order valence-corrected chi connectivity index (χ4v) is 2.11. The molecule has 0 unspecified atom stereocenters. The van der Waals surface area contributed by atoms with E-state index in [0.29, 0.717) is 0 Å². The largest absolute Gasteiger partial charge is 0.347 e. The molecule has 3 N–H and O–H groups in total. The van der Waals surface area contributed by atoms with E-state index in [9.17, 15) is 19.2 Å². The lowest BCUT2D eigenvalue weighted by Crippen LogP contribution is -2.51. The number of benzene rings is 1. The SMILES string of the molecule is CCC(=O)NCC(=O)N[C@@H](Cc1ccccc1)C(=O)NCC(=O)C(C)C. The normalized spacial score (nSPS) is 11.5. The Morgan fingerprint density at radius 3 is 2.15 bits per heavy atom. The number of hydrogen-bond donors (Lipinski definition) is 3. The molecule has 0 spiro atoms. The Bertz CT molecular complexity index is 629. The van der Waals surface area contributed by atoms with Crippen LogP contribution in [0.25, 0.3) is 0 Å². The van der Waals surface area contributed by atoms with Crippen molar-refractivity contribution in [2.75, 3.05) is 13.1 Å². The first-order chi connectivity index (χ1) is 12.3. The maximum absolute atomic E-state index is 12.4. The minimum absolute atomic E-state index is 0.0791. The molecule has 7 nitrogen and oxygen atoms in total. The molecular formula is C19H27N3O4. The van der Waals surface area contributed by atoms with Crippen LogP contribution in [0.4, 0.5) is 0 Å². The second kappa shape index (κ2) is 11.0. The van der Waals surface area contributed by atoms with E-state index in [0.717, 1.165) is 5.56 Å². The van der Waals surface area contributed by atoms with E-state index in [2.05, 4.69) is 16.0 Å². The fourth-order valence-electron chi connectivity index (χ4n) is 2.11. The van der Waals surface area contributed by atoms with Gasteiger partial charge in [-0.3, -0.25) is 19.2 Å². The standard InChI is InChI=1S/C19H27N3O4/c1-4-17(24)20-12-18(25)22-15(10-14-8-6-5-7-9-14)19(26)21-11-16(23)13(2)3/h5-9,13,15H,4,10-12H2,1-3H3,(H,20,24)(H,21,26)(H,22,25)/t15-/m0/s1. The third kappa shape index (κ3) is 7.92. The maximum Gasteiger partial charge on any atom is 0.243 e. The van der Waals surface area contributed by atoms with Gasteiger partial charge in [-0.05, 0) is 5.56 Å². The van der Waals surface area contributed by atoms with Crippen molar-refractivity contribution in [2.45, 2.75) is 39.7 Å². The van der Waals surface area contributed by atoms with E-state index in [-0.39, 0.29) is 43.5 Å². The van der Waals surface area contributed by atoms with Crippen LogP contribution in [-0.2, 0) is 25.6 Å². The molecule has 7 heteroatoms. The van der Waals surface area contributed by atoms with Gasteiger partial charge in [-0.2, -0.15) is 0 Å². The van der Waals surface area contributed by atoms with E-state index in [1.165, 1.54) is 0 Å². The van der Waals surface area contributed by atoms with Crippen molar-refractivity contribution in [3.05, 3.63) is 35.9 Å². The van der Waals surface area contributed by atoms with Crippen LogP contribution in [0.15, 0.2) is 30.3 Å². The van der Waals surface area contributed by atoms with Crippen LogP contribution in [0.1, 0.15) is 32.8 Å². The molecule has 1 aromatic rings. The lowest BCUT2D eigenvalue weighted by molar-refractivity contribution is -0.131. The number of Topliss-reactive ketones (excluding diaryl/α,β-unsaturated/α-hetero) is 1. The second-order valence-corrected chi connectivity index (χ2v) is 6.28. The van der Waals surface area contributed by atoms with E-state index >= 15 is 0 Å². The summed E-state index contributed by atoms with van der Waals surface area (Å²) in [6.45, 7) is 4.92. The van der Waals surface area contributed by atoms with Crippen molar-refractivity contribution in [1.29, 1.82) is 0 Å². The zero-order valence-corrected chi connectivity index (χ0v) is 15.5. The Balaban J connectivity index is 2.71. The zero-order valence-electron chi connectivity index (χ0n) is 15.5. The van der Waals surface area contributed by atoms with Crippen molar-refractivity contribution in [2.24, 2.45) is 5.92 Å². The summed E-state index contributed by atoms with van der Waals surface area (Å²) in [6.07, 6.45) is 0.564. The molecule has 3 amide bonds. The van der Waals surface area contributed by atoms with E-state index in [1.807, 2.05) is 30.3 Å². The molecule has 0 aliphatic heterocycles. The van der Waals surface area contributed by atoms with Crippen LogP contribution >= 0.6 is 0 Å². The maximum atomic E-state index is 12.4. The molecule has 0 radical (unpaired) electrons. The van der Waals surface area contributed by atoms with Gasteiger partial charge in [0.2, 0.25) is 17.7 Å². The summed E-state index contributed by atoms with van der Waals surface area (Å²) < 4.78 is 0. The lowest BCUT2D eigenvalue weighted by atomic mass is 10.0. The highest BCUT2D eigenvalue weighted by Gasteiger charge is 2.22. The van der Waals surface area contributed by atoms with Crippen LogP contribution in [0.3, 0.4) is 0 Å². The summed E-state index contributed by atoms with van der Waals surface area (Å²) in [5.41, 5.74) is 0.876. The molecular weight excluding hydrogens is 334 g/mol. The van der Waals surface area contributed by atoms with Gasteiger partial charge < -0.3 is 16.0 Å². The summed E-state index contributed by atoms with van der Waals surface area (Å²) >= 11 is 0. The highest BCUT2D eigenvalue weighted by molar-refractivity contribution is 5.92. The van der Waals surface area contributed by atoms with Crippen molar-refractivity contribution in [1.82, 2.24) is 16.0 Å². The highest BCUT2D eigenvalue weighted by Crippen LogP contribution is 2.04. The van der Waals surface area contributed by atoms with Crippen molar-refractivity contribution in [3.63, 3.8) is 0 Å². The molecule has 0 saturated carbocycles. The summed E-state index contributed by atoms with van der Waals surface area (Å²) in [6, 6.07) is 8.42. The first-order valence-electron chi connectivity index (χ1n) is 8.73. The van der Waals surface area contributed by atoms with Crippen molar-refractivity contribution >= 4 is 23.5 Å². The number of amides is 3. The Hall–Kier alpha value is -2.70. The van der Waals surface area contributed by atoms with Gasteiger partial charge in [0.15, 0.2) is 5.78 Å². The second-order valence-electron chi connectivity index (χ2n) is 6.28. The minimum Gasteiger partial charge on any atom is -0.347 e. The smallest absolute Gasteiger partial charge is 0.243 e. The van der Waals surface area contributed by atoms with Crippen LogP contribution in [0.5, 0.6) is 0 Å². The molecule has 0 fully saturated rings. The summed E-state index contributed by atoms with van der Waals surface area (Å²) in [4.78, 5) is 47.5. The van der Waals surface area contributed by atoms with Gasteiger partial charge in [0.25, 0.3) is 0 Å². The molecule has 0 bridgehead atoms. The third-order valence-corrected chi connectivity index (χ3v) is 3.78. The predicted octanol–water partition coefficient (Wildman–Crippen LogP) is 0.581. The summed E-state index contributed by atoms with van der Waals surface area (Å²) in [7, 11) is 0. The van der Waals surface area contributed by atoms with Crippen LogP contribution < -0.4 is 16.0 Å². The molecule has 1 rings (SSSR count). The fraction of sp³-hybridized carbons (Fsp3) is 0.474. The molecule has 0 saturated heterocycles. The van der Waals surface area contributed by atoms with E-state index in [1.54, 1.807) is 20.8 Å². The Labute approximate surface area is 153 Å². The van der Waals surface area contributed by atoms with Gasteiger partial charge in [-0.25, -0.2) is 0 Å². The zero-order chi connectivity index (χ0) is 19.5. The predicted molar refractivity (Wildman–Crippen MR) is 98.2 cm³/mol. The van der Waals surface area contributed by atoms with Crippen LogP contribution in [0.2, 0.25) is 0 Å². The molecule has 0 aliphatic carbocycles. The number of carbonyl (C=O) groups excluding carboxylic acids is 4. The summed E-state index contributed by atoms with van der Waals surface area (Å²) in [5, 5.41) is 7.66.